The van der Waals surface area contributed by atoms with Gasteiger partial charge in [0, 0.05) is 5.56 Å². The van der Waals surface area contributed by atoms with Gasteiger partial charge in [-0.05, 0) is 12.1 Å². The van der Waals surface area contributed by atoms with Crippen LogP contribution in [0.3, 0.4) is 0 Å². The van der Waals surface area contributed by atoms with E-state index in [1.165, 1.54) is 0 Å². The Labute approximate surface area is 103 Å². The van der Waals surface area contributed by atoms with E-state index in [0.29, 0.717) is 0 Å². The van der Waals surface area contributed by atoms with Gasteiger partial charge in [0.05, 0.1) is 0 Å². The molecule has 4 heteroatoms. The van der Waals surface area contributed by atoms with Gasteiger partial charge in [0.1, 0.15) is 5.38 Å². The molecule has 0 heterocycles. The van der Waals surface area contributed by atoms with Gasteiger partial charge in [-0.15, -0.1) is 11.6 Å². The van der Waals surface area contributed by atoms with E-state index in [1.807, 2.05) is 30.3 Å². The average Bonchev–Trinajstić information content (AvgIpc) is 2.14. The summed E-state index contributed by atoms with van der Waals surface area (Å²) in [5, 5.41) is -0.812. The normalized spacial score (nSPS) is 12.9. The number of rotatable bonds is 0. The first-order valence-electron chi connectivity index (χ1n) is 3.77. The van der Waals surface area contributed by atoms with Crippen molar-refractivity contribution < 1.29 is 0 Å². The zero-order valence-electron chi connectivity index (χ0n) is 6.98. The highest BCUT2D eigenvalue weighted by Gasteiger charge is 2.29. The van der Waals surface area contributed by atoms with Crippen molar-refractivity contribution in [2.75, 3.05) is 0 Å². The van der Waals surface area contributed by atoms with Gasteiger partial charge in [-0.25, -0.2) is 0 Å². The molecule has 0 N–H and O–H groups in total. The van der Waals surface area contributed by atoms with Crippen molar-refractivity contribution in [1.29, 1.82) is 0 Å². The van der Waals surface area contributed by atoms with Crippen LogP contribution in [0.4, 0.5) is 0 Å². The monoisotopic (exact) mass is 266 g/mol. The third-order valence-electron chi connectivity index (χ3n) is 1.40. The van der Waals surface area contributed by atoms with Crippen LogP contribution in [-0.2, 0) is 0 Å². The molecular weight excluding hydrogens is 262 g/mol. The van der Waals surface area contributed by atoms with Gasteiger partial charge in [0.2, 0.25) is 3.79 Å². The quantitative estimate of drug-likeness (QED) is 0.492. The molecule has 0 saturated heterocycles. The molecule has 1 aromatic carbocycles. The Morgan fingerprint density at radius 1 is 1.07 bits per heavy atom. The Morgan fingerprint density at radius 3 is 2.14 bits per heavy atom. The molecule has 0 aliphatic rings. The Bertz CT molecular complexity index is 342. The molecule has 0 aliphatic carbocycles. The van der Waals surface area contributed by atoms with Crippen LogP contribution < -0.4 is 0 Å². The highest BCUT2D eigenvalue weighted by molar-refractivity contribution is 6.70. The van der Waals surface area contributed by atoms with Gasteiger partial charge in [0.25, 0.3) is 0 Å². The highest BCUT2D eigenvalue weighted by atomic mass is 35.6. The molecule has 14 heavy (non-hydrogen) atoms. The molecule has 0 aromatic heterocycles. The Morgan fingerprint density at radius 2 is 1.64 bits per heavy atom. The summed E-state index contributed by atoms with van der Waals surface area (Å²) in [5.74, 6) is 5.47. The van der Waals surface area contributed by atoms with E-state index in [9.17, 15) is 0 Å². The summed E-state index contributed by atoms with van der Waals surface area (Å²) in [6.07, 6.45) is 0. The fourth-order valence-electron chi connectivity index (χ4n) is 0.750. The summed E-state index contributed by atoms with van der Waals surface area (Å²) in [6, 6.07) is 9.37. The van der Waals surface area contributed by atoms with Crippen molar-refractivity contribution in [2.45, 2.75) is 9.17 Å². The second-order valence-electron chi connectivity index (χ2n) is 2.54. The SMILES string of the molecule is ClC(C#Cc1ccccc1)C(Cl)(Cl)Cl. The average molecular weight is 268 g/mol. The lowest BCUT2D eigenvalue weighted by Gasteiger charge is -2.11. The van der Waals surface area contributed by atoms with Crippen molar-refractivity contribution >= 4 is 46.4 Å². The van der Waals surface area contributed by atoms with E-state index in [4.69, 9.17) is 46.4 Å². The topological polar surface area (TPSA) is 0 Å². The summed E-state index contributed by atoms with van der Waals surface area (Å²) >= 11 is 22.4. The predicted octanol–water partition coefficient (Wildman–Crippen LogP) is 4.02. The lowest BCUT2D eigenvalue weighted by atomic mass is 10.2. The Balaban J connectivity index is 2.74. The van der Waals surface area contributed by atoms with Crippen molar-refractivity contribution in [2.24, 2.45) is 0 Å². The molecule has 1 rings (SSSR count). The number of hydrogen-bond acceptors (Lipinski definition) is 0. The molecule has 0 nitrogen and oxygen atoms in total. The fourth-order valence-corrected chi connectivity index (χ4v) is 0.968. The van der Waals surface area contributed by atoms with Gasteiger partial charge >= 0.3 is 0 Å². The number of halogens is 4. The second kappa shape index (κ2) is 5.14. The highest BCUT2D eigenvalue weighted by Crippen LogP contribution is 2.33. The van der Waals surface area contributed by atoms with E-state index in [-0.39, 0.29) is 0 Å². The fraction of sp³-hybridized carbons (Fsp3) is 0.200. The molecule has 1 atom stereocenters. The Kier molecular flexibility index (Phi) is 4.41. The zero-order valence-corrected chi connectivity index (χ0v) is 10.00. The molecule has 0 fully saturated rings. The lowest BCUT2D eigenvalue weighted by Crippen LogP contribution is -2.16. The van der Waals surface area contributed by atoms with E-state index >= 15 is 0 Å². The van der Waals surface area contributed by atoms with Gasteiger partial charge in [0.15, 0.2) is 0 Å². The first-order chi connectivity index (χ1) is 6.50. The minimum atomic E-state index is -1.55. The van der Waals surface area contributed by atoms with E-state index in [0.717, 1.165) is 5.56 Å². The molecule has 0 amide bonds. The molecule has 0 saturated carbocycles. The maximum absolute atomic E-state index is 5.74. The van der Waals surface area contributed by atoms with E-state index in [1.54, 1.807) is 0 Å². The second-order valence-corrected chi connectivity index (χ2v) is 5.34. The maximum Gasteiger partial charge on any atom is 0.217 e. The van der Waals surface area contributed by atoms with Gasteiger partial charge in [-0.2, -0.15) is 0 Å². The largest absolute Gasteiger partial charge is 0.217 e. The third-order valence-corrected chi connectivity index (χ3v) is 2.83. The first kappa shape index (κ1) is 12.0. The van der Waals surface area contributed by atoms with E-state index < -0.39 is 9.17 Å². The summed E-state index contributed by atoms with van der Waals surface area (Å²) in [7, 11) is 0. The first-order valence-corrected chi connectivity index (χ1v) is 5.34. The van der Waals surface area contributed by atoms with E-state index in [2.05, 4.69) is 11.8 Å². The standard InChI is InChI=1S/C10H6Cl4/c11-9(10(12,13)14)7-6-8-4-2-1-3-5-8/h1-5,9H. The molecule has 0 radical (unpaired) electrons. The third kappa shape index (κ3) is 3.98. The van der Waals surface area contributed by atoms with Gasteiger partial charge in [-0.3, -0.25) is 0 Å². The Hall–Kier alpha value is -0.0600. The van der Waals surface area contributed by atoms with Gasteiger partial charge in [-0.1, -0.05) is 64.8 Å². The minimum Gasteiger partial charge on any atom is -0.104 e. The summed E-state index contributed by atoms with van der Waals surface area (Å²) in [6.45, 7) is 0. The van der Waals surface area contributed by atoms with Crippen LogP contribution in [0.5, 0.6) is 0 Å². The summed E-state index contributed by atoms with van der Waals surface area (Å²) in [4.78, 5) is 0. The molecule has 0 aliphatic heterocycles. The number of alkyl halides is 4. The smallest absolute Gasteiger partial charge is 0.104 e. The summed E-state index contributed by atoms with van der Waals surface area (Å²) < 4.78 is -1.55. The van der Waals surface area contributed by atoms with Crippen LogP contribution in [-0.4, -0.2) is 9.17 Å². The molecule has 74 valence electrons. The zero-order chi connectivity index (χ0) is 10.6. The minimum absolute atomic E-state index is 0.812. The van der Waals surface area contributed by atoms with Gasteiger partial charge < -0.3 is 0 Å². The van der Waals surface area contributed by atoms with Crippen molar-refractivity contribution in [3.05, 3.63) is 35.9 Å². The molecule has 0 bridgehead atoms. The van der Waals surface area contributed by atoms with Crippen LogP contribution in [0.25, 0.3) is 0 Å². The summed E-state index contributed by atoms with van der Waals surface area (Å²) in [5.41, 5.74) is 0.840. The van der Waals surface area contributed by atoms with Crippen LogP contribution in [0.1, 0.15) is 5.56 Å². The van der Waals surface area contributed by atoms with Crippen LogP contribution in [0, 0.1) is 11.8 Å². The van der Waals surface area contributed by atoms with Crippen molar-refractivity contribution in [1.82, 2.24) is 0 Å². The molecular formula is C10H6Cl4. The molecule has 1 aromatic rings. The van der Waals surface area contributed by atoms with Crippen LogP contribution in [0.2, 0.25) is 0 Å². The molecule has 0 spiro atoms. The number of hydrogen-bond donors (Lipinski definition) is 0. The molecule has 1 unspecified atom stereocenters. The maximum atomic E-state index is 5.74. The number of benzene rings is 1. The van der Waals surface area contributed by atoms with Crippen molar-refractivity contribution in [3.8, 4) is 11.8 Å². The lowest BCUT2D eigenvalue weighted by molar-refractivity contribution is 1.12. The van der Waals surface area contributed by atoms with Crippen LogP contribution >= 0.6 is 46.4 Å². The predicted molar refractivity (Wildman–Crippen MR) is 63.3 cm³/mol. The van der Waals surface area contributed by atoms with Crippen LogP contribution in [0.15, 0.2) is 30.3 Å². The van der Waals surface area contributed by atoms with Crippen molar-refractivity contribution in [3.63, 3.8) is 0 Å².